The van der Waals surface area contributed by atoms with Gasteiger partial charge in [-0.1, -0.05) is 40.2 Å². The van der Waals surface area contributed by atoms with Gasteiger partial charge in [0.2, 0.25) is 0 Å². The van der Waals surface area contributed by atoms with E-state index in [1.165, 1.54) is 24.3 Å². The highest BCUT2D eigenvalue weighted by Crippen LogP contribution is 2.21. The molecule has 0 saturated carbocycles. The van der Waals surface area contributed by atoms with Crippen LogP contribution in [0.4, 0.5) is 4.39 Å². The van der Waals surface area contributed by atoms with Crippen molar-refractivity contribution in [3.8, 4) is 0 Å². The first-order valence-corrected chi connectivity index (χ1v) is 6.32. The van der Waals surface area contributed by atoms with Crippen molar-refractivity contribution < 1.29 is 14.3 Å². The van der Waals surface area contributed by atoms with Crippen molar-refractivity contribution in [3.05, 3.63) is 69.9 Å². The SMILES string of the molecule is O=C(O)/C(=C\c1cccc(Br)c1)c1ccc(F)cc1. The molecule has 2 aromatic carbocycles. The van der Waals surface area contributed by atoms with Crippen molar-refractivity contribution in [2.45, 2.75) is 0 Å². The molecular weight excluding hydrogens is 311 g/mol. The quantitative estimate of drug-likeness (QED) is 0.679. The van der Waals surface area contributed by atoms with Gasteiger partial charge in [-0.15, -0.1) is 0 Å². The lowest BCUT2D eigenvalue weighted by Gasteiger charge is -2.03. The van der Waals surface area contributed by atoms with Gasteiger partial charge < -0.3 is 5.11 Å². The first kappa shape index (κ1) is 13.5. The standard InChI is InChI=1S/C15H10BrFO2/c16-12-3-1-2-10(8-12)9-14(15(18)19)11-4-6-13(17)7-5-11/h1-9H,(H,18,19)/b14-9-. The molecule has 2 aromatic rings. The number of hydrogen-bond donors (Lipinski definition) is 1. The lowest BCUT2D eigenvalue weighted by molar-refractivity contribution is -0.130. The van der Waals surface area contributed by atoms with Gasteiger partial charge in [0.05, 0.1) is 5.57 Å². The molecule has 0 saturated heterocycles. The highest BCUT2D eigenvalue weighted by molar-refractivity contribution is 9.10. The second-order valence-corrected chi connectivity index (χ2v) is 4.84. The van der Waals surface area contributed by atoms with E-state index in [9.17, 15) is 14.3 Å². The molecule has 0 aromatic heterocycles. The van der Waals surface area contributed by atoms with Gasteiger partial charge in [0.1, 0.15) is 5.82 Å². The van der Waals surface area contributed by atoms with Crippen LogP contribution in [0.1, 0.15) is 11.1 Å². The summed E-state index contributed by atoms with van der Waals surface area (Å²) in [4.78, 5) is 11.3. The first-order chi connectivity index (χ1) is 9.06. The van der Waals surface area contributed by atoms with Crippen LogP contribution in [0.25, 0.3) is 11.6 Å². The van der Waals surface area contributed by atoms with Crippen LogP contribution in [0.2, 0.25) is 0 Å². The zero-order chi connectivity index (χ0) is 13.8. The zero-order valence-corrected chi connectivity index (χ0v) is 11.4. The van der Waals surface area contributed by atoms with E-state index >= 15 is 0 Å². The Hall–Kier alpha value is -1.94. The topological polar surface area (TPSA) is 37.3 Å². The molecule has 2 nitrogen and oxygen atoms in total. The minimum Gasteiger partial charge on any atom is -0.478 e. The lowest BCUT2D eigenvalue weighted by Crippen LogP contribution is -1.99. The maximum Gasteiger partial charge on any atom is 0.336 e. The van der Waals surface area contributed by atoms with Gasteiger partial charge in [0.15, 0.2) is 0 Å². The number of aliphatic carboxylic acids is 1. The molecule has 0 aliphatic heterocycles. The minimum absolute atomic E-state index is 0.123. The summed E-state index contributed by atoms with van der Waals surface area (Å²) in [6, 6.07) is 12.7. The Morgan fingerprint density at radius 3 is 2.42 bits per heavy atom. The molecule has 0 fully saturated rings. The average Bonchev–Trinajstić information content (AvgIpc) is 2.37. The molecule has 0 heterocycles. The van der Waals surface area contributed by atoms with E-state index in [1.54, 1.807) is 12.1 Å². The van der Waals surface area contributed by atoms with E-state index in [-0.39, 0.29) is 5.57 Å². The average molecular weight is 321 g/mol. The molecular formula is C15H10BrFO2. The van der Waals surface area contributed by atoms with E-state index in [1.807, 2.05) is 18.2 Å². The molecule has 0 spiro atoms. The normalized spacial score (nSPS) is 11.4. The van der Waals surface area contributed by atoms with Gasteiger partial charge >= 0.3 is 5.97 Å². The number of hydrogen-bond acceptors (Lipinski definition) is 1. The Balaban J connectivity index is 2.46. The summed E-state index contributed by atoms with van der Waals surface area (Å²) in [7, 11) is 0. The van der Waals surface area contributed by atoms with Gasteiger partial charge in [0.25, 0.3) is 0 Å². The summed E-state index contributed by atoms with van der Waals surface area (Å²) in [6.45, 7) is 0. The molecule has 0 unspecified atom stereocenters. The van der Waals surface area contributed by atoms with Crippen LogP contribution >= 0.6 is 15.9 Å². The molecule has 96 valence electrons. The number of rotatable bonds is 3. The van der Waals surface area contributed by atoms with E-state index in [4.69, 9.17) is 0 Å². The van der Waals surface area contributed by atoms with Crippen molar-refractivity contribution in [3.63, 3.8) is 0 Å². The highest BCUT2D eigenvalue weighted by atomic mass is 79.9. The van der Waals surface area contributed by atoms with E-state index in [2.05, 4.69) is 15.9 Å². The molecule has 0 atom stereocenters. The molecule has 2 rings (SSSR count). The Morgan fingerprint density at radius 2 is 1.84 bits per heavy atom. The number of carboxylic acids is 1. The number of halogens is 2. The summed E-state index contributed by atoms with van der Waals surface area (Å²) >= 11 is 3.33. The van der Waals surface area contributed by atoms with E-state index in [0.717, 1.165) is 10.0 Å². The smallest absolute Gasteiger partial charge is 0.336 e. The predicted octanol–water partition coefficient (Wildman–Crippen LogP) is 4.21. The summed E-state index contributed by atoms with van der Waals surface area (Å²) in [5.74, 6) is -1.44. The van der Waals surface area contributed by atoms with Gasteiger partial charge in [-0.3, -0.25) is 0 Å². The fraction of sp³-hybridized carbons (Fsp3) is 0. The van der Waals surface area contributed by atoms with E-state index < -0.39 is 11.8 Å². The summed E-state index contributed by atoms with van der Waals surface area (Å²) in [5, 5.41) is 9.25. The summed E-state index contributed by atoms with van der Waals surface area (Å²) in [5.41, 5.74) is 1.35. The second kappa shape index (κ2) is 5.80. The van der Waals surface area contributed by atoms with Crippen molar-refractivity contribution in [2.24, 2.45) is 0 Å². The van der Waals surface area contributed by atoms with Gasteiger partial charge in [-0.05, 0) is 41.5 Å². The third-order valence-corrected chi connectivity index (χ3v) is 3.04. The zero-order valence-electron chi connectivity index (χ0n) is 9.81. The van der Waals surface area contributed by atoms with Crippen LogP contribution in [0.3, 0.4) is 0 Å². The molecule has 0 aliphatic carbocycles. The molecule has 4 heteroatoms. The molecule has 0 amide bonds. The molecule has 1 N–H and O–H groups in total. The Labute approximate surface area is 118 Å². The fourth-order valence-corrected chi connectivity index (χ4v) is 2.08. The van der Waals surface area contributed by atoms with Crippen molar-refractivity contribution in [1.29, 1.82) is 0 Å². The Bertz CT molecular complexity index is 633. The van der Waals surface area contributed by atoms with Crippen molar-refractivity contribution in [1.82, 2.24) is 0 Å². The van der Waals surface area contributed by atoms with Crippen LogP contribution in [0.5, 0.6) is 0 Å². The van der Waals surface area contributed by atoms with Crippen LogP contribution in [0, 0.1) is 5.82 Å². The maximum absolute atomic E-state index is 12.9. The van der Waals surface area contributed by atoms with Crippen molar-refractivity contribution >= 4 is 33.5 Å². The monoisotopic (exact) mass is 320 g/mol. The number of carboxylic acid groups (broad SMARTS) is 1. The van der Waals surface area contributed by atoms with E-state index in [0.29, 0.717) is 5.56 Å². The van der Waals surface area contributed by atoms with Gasteiger partial charge in [-0.25, -0.2) is 9.18 Å². The van der Waals surface area contributed by atoms with Gasteiger partial charge in [0, 0.05) is 4.47 Å². The Morgan fingerprint density at radius 1 is 1.16 bits per heavy atom. The van der Waals surface area contributed by atoms with Gasteiger partial charge in [-0.2, -0.15) is 0 Å². The van der Waals surface area contributed by atoms with Crippen molar-refractivity contribution in [2.75, 3.05) is 0 Å². The third-order valence-electron chi connectivity index (χ3n) is 2.55. The molecule has 19 heavy (non-hydrogen) atoms. The lowest BCUT2D eigenvalue weighted by atomic mass is 10.0. The number of benzene rings is 2. The third kappa shape index (κ3) is 3.51. The maximum atomic E-state index is 12.9. The highest BCUT2D eigenvalue weighted by Gasteiger charge is 2.10. The molecule has 0 bridgehead atoms. The Kier molecular flexibility index (Phi) is 4.12. The molecule has 0 aliphatic rings. The van der Waals surface area contributed by atoms with Crippen LogP contribution in [-0.4, -0.2) is 11.1 Å². The first-order valence-electron chi connectivity index (χ1n) is 5.53. The summed E-state index contributed by atoms with van der Waals surface area (Å²) < 4.78 is 13.7. The predicted molar refractivity (Wildman–Crippen MR) is 76.0 cm³/mol. The van der Waals surface area contributed by atoms with Crippen LogP contribution in [0.15, 0.2) is 53.0 Å². The van der Waals surface area contributed by atoms with Crippen LogP contribution in [-0.2, 0) is 4.79 Å². The van der Waals surface area contributed by atoms with Crippen LogP contribution < -0.4 is 0 Å². The summed E-state index contributed by atoms with van der Waals surface area (Å²) in [6.07, 6.45) is 1.56. The number of carbonyl (C=O) groups is 1. The largest absolute Gasteiger partial charge is 0.478 e. The molecule has 0 radical (unpaired) electrons. The minimum atomic E-state index is -1.05. The fourth-order valence-electron chi connectivity index (χ4n) is 1.66. The second-order valence-electron chi connectivity index (χ2n) is 3.93.